The van der Waals surface area contributed by atoms with Crippen molar-refractivity contribution in [1.29, 1.82) is 0 Å². The van der Waals surface area contributed by atoms with Crippen molar-refractivity contribution in [3.8, 4) is 5.75 Å². The summed E-state index contributed by atoms with van der Waals surface area (Å²) < 4.78 is 11.9. The van der Waals surface area contributed by atoms with E-state index in [0.717, 1.165) is 29.7 Å². The van der Waals surface area contributed by atoms with Crippen LogP contribution < -0.4 is 4.74 Å². The van der Waals surface area contributed by atoms with Crippen molar-refractivity contribution < 1.29 is 18.8 Å². The van der Waals surface area contributed by atoms with E-state index in [-0.39, 0.29) is 12.8 Å². The highest BCUT2D eigenvalue weighted by molar-refractivity contribution is 5.69. The van der Waals surface area contributed by atoms with Gasteiger partial charge in [0, 0.05) is 5.56 Å². The largest absolute Gasteiger partial charge is 0.457 e. The predicted molar refractivity (Wildman–Crippen MR) is 131 cm³/mol. The number of hydrogen-bond donors (Lipinski definition) is 0. The number of benzene rings is 2. The Hall–Kier alpha value is -2.33. The Bertz CT molecular complexity index is 773. The second kappa shape index (κ2) is 14.7. The summed E-state index contributed by atoms with van der Waals surface area (Å²) in [6.07, 6.45) is 10.4. The maximum atomic E-state index is 12.2. The summed E-state index contributed by atoms with van der Waals surface area (Å²) in [5.41, 5.74) is 2.46. The van der Waals surface area contributed by atoms with E-state index in [4.69, 9.17) is 9.47 Å². The van der Waals surface area contributed by atoms with Gasteiger partial charge in [0.05, 0.1) is 27.1 Å². The molecule has 2 aromatic rings. The molecule has 0 atom stereocenters. The molecule has 0 saturated carbocycles. The lowest BCUT2D eigenvalue weighted by Gasteiger charge is -2.29. The number of aryl methyl sites for hydroxylation is 1. The molecular formula is C28H42NO3+. The van der Waals surface area contributed by atoms with Crippen LogP contribution in [-0.4, -0.2) is 37.9 Å². The number of nitrogens with zero attached hydrogens (tertiary/aromatic N) is 1. The van der Waals surface area contributed by atoms with E-state index in [1.807, 2.05) is 36.4 Å². The summed E-state index contributed by atoms with van der Waals surface area (Å²) in [6, 6.07) is 18.4. The molecule has 0 heterocycles. The zero-order chi connectivity index (χ0) is 23.1. The molecule has 0 radical (unpaired) electrons. The van der Waals surface area contributed by atoms with E-state index in [0.29, 0.717) is 6.42 Å². The van der Waals surface area contributed by atoms with E-state index in [9.17, 15) is 4.79 Å². The standard InChI is InChI=1S/C28H42NO3/c1-4-5-6-7-8-9-13-18-26-19-14-15-20-27(26)31-24-32-28(30)21-22-29(2,3)23-25-16-11-10-12-17-25/h10-12,14-17,19-20H,4-9,13,18,21-24H2,1-3H3/q+1. The quantitative estimate of drug-likeness (QED) is 0.129. The van der Waals surface area contributed by atoms with Crippen molar-refractivity contribution in [2.45, 2.75) is 71.3 Å². The van der Waals surface area contributed by atoms with Gasteiger partial charge in [-0.1, -0.05) is 94.0 Å². The molecule has 0 N–H and O–H groups in total. The molecule has 0 aliphatic heterocycles. The van der Waals surface area contributed by atoms with Gasteiger partial charge in [0.2, 0.25) is 6.79 Å². The molecule has 0 amide bonds. The normalized spacial score (nSPS) is 11.3. The van der Waals surface area contributed by atoms with Crippen LogP contribution in [0, 0.1) is 0 Å². The number of para-hydroxylation sites is 1. The second-order valence-corrected chi connectivity index (χ2v) is 9.31. The van der Waals surface area contributed by atoms with Gasteiger partial charge in [-0.15, -0.1) is 0 Å². The summed E-state index contributed by atoms with van der Waals surface area (Å²) in [4.78, 5) is 12.2. The fraction of sp³-hybridized carbons (Fsp3) is 0.536. The number of unbranched alkanes of at least 4 members (excludes halogenated alkanes) is 6. The summed E-state index contributed by atoms with van der Waals surface area (Å²) >= 11 is 0. The van der Waals surface area contributed by atoms with Crippen molar-refractivity contribution in [3.63, 3.8) is 0 Å². The molecule has 0 bridgehead atoms. The van der Waals surface area contributed by atoms with Crippen LogP contribution in [0.5, 0.6) is 5.75 Å². The van der Waals surface area contributed by atoms with Crippen LogP contribution in [0.3, 0.4) is 0 Å². The minimum atomic E-state index is -0.214. The van der Waals surface area contributed by atoms with Gasteiger partial charge in [0.15, 0.2) is 0 Å². The van der Waals surface area contributed by atoms with Crippen LogP contribution in [0.1, 0.15) is 69.4 Å². The number of rotatable bonds is 16. The van der Waals surface area contributed by atoms with Gasteiger partial charge in [-0.05, 0) is 24.5 Å². The SMILES string of the molecule is CCCCCCCCCc1ccccc1OCOC(=O)CC[N+](C)(C)Cc1ccccc1. The Morgan fingerprint density at radius 1 is 0.844 bits per heavy atom. The molecule has 32 heavy (non-hydrogen) atoms. The van der Waals surface area contributed by atoms with Crippen molar-refractivity contribution in [2.75, 3.05) is 27.4 Å². The first-order valence-electron chi connectivity index (χ1n) is 12.2. The molecule has 2 aromatic carbocycles. The number of quaternary nitrogens is 1. The molecule has 0 saturated heterocycles. The molecular weight excluding hydrogens is 398 g/mol. The number of ether oxygens (including phenoxy) is 2. The topological polar surface area (TPSA) is 35.5 Å². The lowest BCUT2D eigenvalue weighted by Crippen LogP contribution is -2.40. The van der Waals surface area contributed by atoms with Gasteiger partial charge in [-0.3, -0.25) is 4.79 Å². The lowest BCUT2D eigenvalue weighted by molar-refractivity contribution is -0.903. The molecule has 0 aliphatic rings. The van der Waals surface area contributed by atoms with Gasteiger partial charge in [-0.25, -0.2) is 0 Å². The third-order valence-electron chi connectivity index (χ3n) is 5.83. The van der Waals surface area contributed by atoms with E-state index < -0.39 is 0 Å². The predicted octanol–water partition coefficient (Wildman–Crippen LogP) is 6.53. The van der Waals surface area contributed by atoms with Crippen LogP contribution in [0.15, 0.2) is 54.6 Å². The molecule has 0 aliphatic carbocycles. The first kappa shape index (κ1) is 25.9. The zero-order valence-corrected chi connectivity index (χ0v) is 20.4. The van der Waals surface area contributed by atoms with Gasteiger partial charge < -0.3 is 14.0 Å². The second-order valence-electron chi connectivity index (χ2n) is 9.31. The highest BCUT2D eigenvalue weighted by atomic mass is 16.7. The Balaban J connectivity index is 1.66. The maximum absolute atomic E-state index is 12.2. The molecule has 4 nitrogen and oxygen atoms in total. The van der Waals surface area contributed by atoms with Crippen LogP contribution in [0.4, 0.5) is 0 Å². The fourth-order valence-corrected chi connectivity index (χ4v) is 3.91. The van der Waals surface area contributed by atoms with Gasteiger partial charge >= 0.3 is 5.97 Å². The Morgan fingerprint density at radius 3 is 2.25 bits per heavy atom. The Morgan fingerprint density at radius 2 is 1.50 bits per heavy atom. The Labute approximate surface area is 195 Å². The molecule has 0 spiro atoms. The summed E-state index contributed by atoms with van der Waals surface area (Å²) in [5.74, 6) is 0.611. The molecule has 4 heteroatoms. The minimum Gasteiger partial charge on any atom is -0.457 e. The first-order valence-corrected chi connectivity index (χ1v) is 12.2. The fourth-order valence-electron chi connectivity index (χ4n) is 3.91. The van der Waals surface area contributed by atoms with Crippen LogP contribution in [0.25, 0.3) is 0 Å². The van der Waals surface area contributed by atoms with Crippen molar-refractivity contribution in [1.82, 2.24) is 0 Å². The van der Waals surface area contributed by atoms with Crippen molar-refractivity contribution >= 4 is 5.97 Å². The average molecular weight is 441 g/mol. The molecule has 0 fully saturated rings. The highest BCUT2D eigenvalue weighted by Gasteiger charge is 2.18. The van der Waals surface area contributed by atoms with E-state index in [2.05, 4.69) is 39.2 Å². The number of hydrogen-bond acceptors (Lipinski definition) is 3. The number of carbonyl (C=O) groups is 1. The lowest BCUT2D eigenvalue weighted by atomic mass is 10.0. The molecule has 0 aromatic heterocycles. The van der Waals surface area contributed by atoms with Gasteiger partial charge in [-0.2, -0.15) is 0 Å². The minimum absolute atomic E-state index is 0.0288. The molecule has 0 unspecified atom stereocenters. The van der Waals surface area contributed by atoms with Gasteiger partial charge in [0.25, 0.3) is 0 Å². The maximum Gasteiger partial charge on any atom is 0.314 e. The van der Waals surface area contributed by atoms with E-state index >= 15 is 0 Å². The van der Waals surface area contributed by atoms with E-state index in [1.54, 1.807) is 0 Å². The van der Waals surface area contributed by atoms with Gasteiger partial charge in [0.1, 0.15) is 12.3 Å². The third-order valence-corrected chi connectivity index (χ3v) is 5.83. The summed E-state index contributed by atoms with van der Waals surface area (Å²) in [6.45, 7) is 3.83. The van der Waals surface area contributed by atoms with Crippen LogP contribution in [0.2, 0.25) is 0 Å². The highest BCUT2D eigenvalue weighted by Crippen LogP contribution is 2.21. The number of esters is 1. The average Bonchev–Trinajstić information content (AvgIpc) is 2.78. The van der Waals surface area contributed by atoms with E-state index in [1.165, 1.54) is 56.1 Å². The summed E-state index contributed by atoms with van der Waals surface area (Å²) in [7, 11) is 4.27. The monoisotopic (exact) mass is 440 g/mol. The molecule has 2 rings (SSSR count). The molecule has 176 valence electrons. The van der Waals surface area contributed by atoms with Crippen LogP contribution >= 0.6 is 0 Å². The van der Waals surface area contributed by atoms with Crippen LogP contribution in [-0.2, 0) is 22.5 Å². The van der Waals surface area contributed by atoms with Crippen molar-refractivity contribution in [3.05, 3.63) is 65.7 Å². The third kappa shape index (κ3) is 10.8. The summed E-state index contributed by atoms with van der Waals surface area (Å²) in [5, 5.41) is 0. The Kier molecular flexibility index (Phi) is 11.9. The number of carbonyl (C=O) groups excluding carboxylic acids is 1. The zero-order valence-electron chi connectivity index (χ0n) is 20.4. The van der Waals surface area contributed by atoms with Crippen molar-refractivity contribution in [2.24, 2.45) is 0 Å². The first-order chi connectivity index (χ1) is 15.5. The smallest absolute Gasteiger partial charge is 0.314 e.